The van der Waals surface area contributed by atoms with Crippen LogP contribution in [0.1, 0.15) is 24.0 Å². The maximum absolute atomic E-state index is 6.47. The Morgan fingerprint density at radius 1 is 1.08 bits per heavy atom. The van der Waals surface area contributed by atoms with Crippen LogP contribution in [0.5, 0.6) is 0 Å². The third kappa shape index (κ3) is 3.03. The Balaban J connectivity index is 1.97. The zero-order valence-electron chi connectivity index (χ0n) is 14.0. The van der Waals surface area contributed by atoms with Gasteiger partial charge in [-0.3, -0.25) is 0 Å². The number of aryl methyl sites for hydroxylation is 1. The van der Waals surface area contributed by atoms with E-state index >= 15 is 0 Å². The van der Waals surface area contributed by atoms with E-state index in [0.717, 1.165) is 48.6 Å². The number of nitrogens with one attached hydrogen (secondary N) is 1. The van der Waals surface area contributed by atoms with Crippen LogP contribution in [0.3, 0.4) is 0 Å². The summed E-state index contributed by atoms with van der Waals surface area (Å²) in [6.45, 7) is 3.05. The van der Waals surface area contributed by atoms with Crippen molar-refractivity contribution in [3.8, 4) is 16.9 Å². The molecule has 3 aromatic rings. The lowest BCUT2D eigenvalue weighted by molar-refractivity contribution is 0.779. The van der Waals surface area contributed by atoms with Gasteiger partial charge in [0.25, 0.3) is 0 Å². The van der Waals surface area contributed by atoms with Gasteiger partial charge in [0.1, 0.15) is 5.82 Å². The van der Waals surface area contributed by atoms with E-state index in [2.05, 4.69) is 24.4 Å². The van der Waals surface area contributed by atoms with E-state index in [4.69, 9.17) is 28.3 Å². The van der Waals surface area contributed by atoms with Crippen molar-refractivity contribution in [2.24, 2.45) is 0 Å². The maximum atomic E-state index is 6.47. The van der Waals surface area contributed by atoms with Crippen LogP contribution in [0.15, 0.2) is 42.5 Å². The minimum atomic E-state index is 0.667. The Hall–Kier alpha value is -1.97. The molecule has 0 unspecified atom stereocenters. The highest BCUT2D eigenvalue weighted by Gasteiger charge is 2.23. The lowest BCUT2D eigenvalue weighted by atomic mass is 10.0. The number of nitrogens with zero attached hydrogens (tertiary/aromatic N) is 2. The van der Waals surface area contributed by atoms with Crippen LogP contribution in [0, 0.1) is 6.92 Å². The number of aromatic nitrogens is 2. The van der Waals surface area contributed by atoms with E-state index in [0.29, 0.717) is 10.0 Å². The highest BCUT2D eigenvalue weighted by molar-refractivity contribution is 6.35. The van der Waals surface area contributed by atoms with Gasteiger partial charge in [-0.15, -0.1) is 0 Å². The molecule has 0 aliphatic carbocycles. The quantitative estimate of drug-likeness (QED) is 0.607. The van der Waals surface area contributed by atoms with Crippen LogP contribution in [-0.2, 0) is 6.42 Å². The van der Waals surface area contributed by atoms with Crippen molar-refractivity contribution in [1.29, 1.82) is 0 Å². The van der Waals surface area contributed by atoms with Gasteiger partial charge >= 0.3 is 0 Å². The van der Waals surface area contributed by atoms with Gasteiger partial charge in [0.15, 0.2) is 0 Å². The number of hydrogen-bond acceptors (Lipinski definition) is 2. The van der Waals surface area contributed by atoms with Gasteiger partial charge in [-0.05, 0) is 56.0 Å². The molecule has 0 saturated carbocycles. The van der Waals surface area contributed by atoms with Gasteiger partial charge in [0.05, 0.1) is 16.4 Å². The van der Waals surface area contributed by atoms with Crippen molar-refractivity contribution in [3.05, 3.63) is 63.6 Å². The van der Waals surface area contributed by atoms with Gasteiger partial charge in [0.2, 0.25) is 0 Å². The fourth-order valence-corrected chi connectivity index (χ4v) is 3.75. The van der Waals surface area contributed by atoms with E-state index in [1.807, 2.05) is 35.0 Å². The summed E-state index contributed by atoms with van der Waals surface area (Å²) < 4.78 is 2.02. The van der Waals surface area contributed by atoms with Crippen molar-refractivity contribution < 1.29 is 0 Å². The summed E-state index contributed by atoms with van der Waals surface area (Å²) >= 11 is 12.7. The van der Waals surface area contributed by atoms with Crippen molar-refractivity contribution in [2.45, 2.75) is 26.2 Å². The van der Waals surface area contributed by atoms with Crippen LogP contribution in [0.2, 0.25) is 10.0 Å². The second kappa shape index (κ2) is 6.74. The third-order valence-corrected chi connectivity index (χ3v) is 5.22. The first-order valence-electron chi connectivity index (χ1n) is 8.52. The molecule has 0 amide bonds. The molecule has 0 saturated heterocycles. The summed E-state index contributed by atoms with van der Waals surface area (Å²) in [5, 5.41) is 9.85. The fourth-order valence-electron chi connectivity index (χ4n) is 3.37. The van der Waals surface area contributed by atoms with Gasteiger partial charge in [-0.1, -0.05) is 41.4 Å². The molecule has 1 aromatic heterocycles. The van der Waals surface area contributed by atoms with Crippen molar-refractivity contribution in [1.82, 2.24) is 9.78 Å². The Morgan fingerprint density at radius 3 is 2.76 bits per heavy atom. The Labute approximate surface area is 157 Å². The minimum Gasteiger partial charge on any atom is -0.370 e. The standard InChI is InChI=1S/C20H19Cl2N3/c1-13-6-2-3-8-18(13)25-20-15(7-4-5-11-23-20)19(24-25)16-12-14(21)9-10-17(16)22/h2-3,6,8-10,12,23H,4-5,7,11H2,1H3. The van der Waals surface area contributed by atoms with Crippen LogP contribution in [0.25, 0.3) is 16.9 Å². The third-order valence-electron chi connectivity index (χ3n) is 4.66. The van der Waals surface area contributed by atoms with Crippen molar-refractivity contribution in [2.75, 3.05) is 11.9 Å². The predicted molar refractivity (Wildman–Crippen MR) is 105 cm³/mol. The minimum absolute atomic E-state index is 0.667. The maximum Gasteiger partial charge on any atom is 0.133 e. The van der Waals surface area contributed by atoms with Crippen LogP contribution < -0.4 is 5.32 Å². The number of para-hydroxylation sites is 1. The molecule has 0 spiro atoms. The van der Waals surface area contributed by atoms with E-state index in [-0.39, 0.29) is 0 Å². The smallest absolute Gasteiger partial charge is 0.133 e. The highest BCUT2D eigenvalue weighted by atomic mass is 35.5. The van der Waals surface area contributed by atoms with E-state index < -0.39 is 0 Å². The van der Waals surface area contributed by atoms with Gasteiger partial charge in [-0.25, -0.2) is 4.68 Å². The first kappa shape index (κ1) is 16.5. The second-order valence-corrected chi connectivity index (χ2v) is 7.23. The predicted octanol–water partition coefficient (Wildman–Crippen LogP) is 5.90. The SMILES string of the molecule is Cc1ccccc1-n1nc(-c2cc(Cl)ccc2Cl)c2c1NCCCC2. The van der Waals surface area contributed by atoms with Crippen LogP contribution in [0.4, 0.5) is 5.82 Å². The average Bonchev–Trinajstić information content (AvgIpc) is 2.79. The van der Waals surface area contributed by atoms with E-state index in [1.165, 1.54) is 11.1 Å². The normalized spacial score (nSPS) is 13.9. The lowest BCUT2D eigenvalue weighted by Gasteiger charge is -2.11. The monoisotopic (exact) mass is 371 g/mol. The number of hydrogen-bond donors (Lipinski definition) is 1. The molecular formula is C20H19Cl2N3. The molecule has 5 heteroatoms. The van der Waals surface area contributed by atoms with Crippen molar-refractivity contribution in [3.63, 3.8) is 0 Å². The molecule has 0 fully saturated rings. The molecule has 25 heavy (non-hydrogen) atoms. The summed E-state index contributed by atoms with van der Waals surface area (Å²) in [5.41, 5.74) is 5.28. The molecule has 128 valence electrons. The van der Waals surface area contributed by atoms with E-state index in [1.54, 1.807) is 0 Å². The lowest BCUT2D eigenvalue weighted by Crippen LogP contribution is -2.08. The molecule has 3 nitrogen and oxygen atoms in total. The second-order valence-electron chi connectivity index (χ2n) is 6.38. The number of halogens is 2. The molecule has 1 N–H and O–H groups in total. The molecule has 2 aromatic carbocycles. The Bertz CT molecular complexity index is 931. The van der Waals surface area contributed by atoms with E-state index in [9.17, 15) is 0 Å². The first-order valence-corrected chi connectivity index (χ1v) is 9.28. The first-order chi connectivity index (χ1) is 12.1. The topological polar surface area (TPSA) is 29.9 Å². The largest absolute Gasteiger partial charge is 0.370 e. The molecule has 0 bridgehead atoms. The highest BCUT2D eigenvalue weighted by Crippen LogP contribution is 2.38. The zero-order valence-corrected chi connectivity index (χ0v) is 15.5. The van der Waals surface area contributed by atoms with Gasteiger partial charge < -0.3 is 5.32 Å². The molecule has 1 aliphatic heterocycles. The average molecular weight is 372 g/mol. The summed E-state index contributed by atoms with van der Waals surface area (Å²) in [4.78, 5) is 0. The summed E-state index contributed by atoms with van der Waals surface area (Å²) in [6, 6.07) is 13.8. The zero-order chi connectivity index (χ0) is 17.4. The summed E-state index contributed by atoms with van der Waals surface area (Å²) in [7, 11) is 0. The molecule has 4 rings (SSSR count). The number of benzene rings is 2. The Kier molecular flexibility index (Phi) is 4.45. The number of rotatable bonds is 2. The number of fused-ring (bicyclic) bond motifs is 1. The molecular weight excluding hydrogens is 353 g/mol. The molecule has 2 heterocycles. The number of anilines is 1. The van der Waals surface area contributed by atoms with Crippen molar-refractivity contribution >= 4 is 29.0 Å². The molecule has 0 atom stereocenters. The van der Waals surface area contributed by atoms with Crippen LogP contribution in [-0.4, -0.2) is 16.3 Å². The fraction of sp³-hybridized carbons (Fsp3) is 0.250. The van der Waals surface area contributed by atoms with Crippen LogP contribution >= 0.6 is 23.2 Å². The Morgan fingerprint density at radius 2 is 1.92 bits per heavy atom. The summed E-state index contributed by atoms with van der Waals surface area (Å²) in [5.74, 6) is 1.07. The van der Waals surface area contributed by atoms with Gasteiger partial charge in [0, 0.05) is 22.7 Å². The molecule has 0 radical (unpaired) electrons. The molecule has 1 aliphatic rings. The summed E-state index contributed by atoms with van der Waals surface area (Å²) in [6.07, 6.45) is 3.25. The van der Waals surface area contributed by atoms with Gasteiger partial charge in [-0.2, -0.15) is 5.10 Å².